The second-order valence-corrected chi connectivity index (χ2v) is 6.96. The van der Waals surface area contributed by atoms with Crippen LogP contribution in [-0.2, 0) is 0 Å². The molecule has 0 saturated carbocycles. The summed E-state index contributed by atoms with van der Waals surface area (Å²) in [4.78, 5) is 21.8. The van der Waals surface area contributed by atoms with Gasteiger partial charge in [-0.05, 0) is 31.2 Å². The van der Waals surface area contributed by atoms with Crippen molar-refractivity contribution in [2.45, 2.75) is 6.92 Å². The lowest BCUT2D eigenvalue weighted by atomic mass is 10.2. The van der Waals surface area contributed by atoms with Gasteiger partial charge in [-0.25, -0.2) is 9.97 Å². The molecular formula is C15H12ClN3O2S2. The van der Waals surface area contributed by atoms with Crippen LogP contribution in [0, 0.1) is 0 Å². The van der Waals surface area contributed by atoms with E-state index in [1.807, 2.05) is 24.4 Å². The Kier molecular flexibility index (Phi) is 4.90. The summed E-state index contributed by atoms with van der Waals surface area (Å²) in [6.45, 7) is 2.29. The van der Waals surface area contributed by atoms with E-state index in [-0.39, 0.29) is 5.91 Å². The molecule has 23 heavy (non-hydrogen) atoms. The molecule has 0 aliphatic carbocycles. The zero-order chi connectivity index (χ0) is 16.2. The highest BCUT2D eigenvalue weighted by Crippen LogP contribution is 2.33. The number of carbonyl (C=O) groups excluding carboxylic acids is 1. The topological polar surface area (TPSA) is 64.1 Å². The first-order valence-electron chi connectivity index (χ1n) is 6.77. The van der Waals surface area contributed by atoms with Crippen LogP contribution in [0.4, 0.5) is 5.13 Å². The Labute approximate surface area is 145 Å². The maximum atomic E-state index is 12.4. The van der Waals surface area contributed by atoms with Gasteiger partial charge < -0.3 is 4.74 Å². The standard InChI is InChI=1S/C15H12ClN3O2S2/c1-2-21-14-9(4-3-7-17-14)13(20)19-15-18-10(8-22-15)11-5-6-12(16)23-11/h3-8H,2H2,1H3,(H,18,19,20). The average Bonchev–Trinajstić information content (AvgIpc) is 3.17. The summed E-state index contributed by atoms with van der Waals surface area (Å²) in [6, 6.07) is 7.09. The highest BCUT2D eigenvalue weighted by molar-refractivity contribution is 7.20. The summed E-state index contributed by atoms with van der Waals surface area (Å²) in [5.41, 5.74) is 1.17. The third kappa shape index (κ3) is 3.69. The molecule has 3 rings (SSSR count). The lowest BCUT2D eigenvalue weighted by Gasteiger charge is -2.07. The van der Waals surface area contributed by atoms with Gasteiger partial charge in [0.15, 0.2) is 5.13 Å². The number of carbonyl (C=O) groups is 1. The van der Waals surface area contributed by atoms with Crippen molar-refractivity contribution < 1.29 is 9.53 Å². The molecule has 5 nitrogen and oxygen atoms in total. The molecule has 0 radical (unpaired) electrons. The first-order valence-corrected chi connectivity index (χ1v) is 8.85. The molecule has 3 aromatic rings. The molecule has 118 valence electrons. The maximum Gasteiger partial charge on any atom is 0.262 e. The van der Waals surface area contributed by atoms with Crippen molar-refractivity contribution in [2.24, 2.45) is 0 Å². The van der Waals surface area contributed by atoms with Crippen LogP contribution in [-0.4, -0.2) is 22.5 Å². The number of hydrogen-bond acceptors (Lipinski definition) is 6. The van der Waals surface area contributed by atoms with E-state index in [4.69, 9.17) is 16.3 Å². The van der Waals surface area contributed by atoms with Crippen LogP contribution in [0.15, 0.2) is 35.8 Å². The number of rotatable bonds is 5. The summed E-state index contributed by atoms with van der Waals surface area (Å²) >= 11 is 8.73. The van der Waals surface area contributed by atoms with E-state index in [0.29, 0.717) is 27.5 Å². The zero-order valence-electron chi connectivity index (χ0n) is 12.1. The van der Waals surface area contributed by atoms with Gasteiger partial charge in [0, 0.05) is 11.6 Å². The molecule has 0 saturated heterocycles. The second-order valence-electron chi connectivity index (χ2n) is 4.38. The normalized spacial score (nSPS) is 10.5. The monoisotopic (exact) mass is 365 g/mol. The minimum Gasteiger partial charge on any atom is -0.477 e. The van der Waals surface area contributed by atoms with Gasteiger partial charge in [-0.2, -0.15) is 0 Å². The minimum atomic E-state index is -0.299. The van der Waals surface area contributed by atoms with Crippen molar-refractivity contribution in [3.05, 3.63) is 45.7 Å². The van der Waals surface area contributed by atoms with Gasteiger partial charge in [0.25, 0.3) is 5.91 Å². The van der Waals surface area contributed by atoms with Gasteiger partial charge in [0.1, 0.15) is 5.56 Å². The average molecular weight is 366 g/mol. The number of thiazole rings is 1. The molecule has 0 spiro atoms. The number of halogens is 1. The smallest absolute Gasteiger partial charge is 0.262 e. The third-order valence-corrected chi connectivity index (χ3v) is 4.86. The highest BCUT2D eigenvalue weighted by atomic mass is 35.5. The number of amides is 1. The molecule has 3 aromatic heterocycles. The number of pyridine rings is 1. The van der Waals surface area contributed by atoms with Gasteiger partial charge in [-0.1, -0.05) is 11.6 Å². The summed E-state index contributed by atoms with van der Waals surface area (Å²) in [6.07, 6.45) is 1.59. The number of hydrogen-bond donors (Lipinski definition) is 1. The molecule has 0 aromatic carbocycles. The fraction of sp³-hybridized carbons (Fsp3) is 0.133. The third-order valence-electron chi connectivity index (χ3n) is 2.85. The zero-order valence-corrected chi connectivity index (χ0v) is 14.5. The van der Waals surface area contributed by atoms with Gasteiger partial charge in [-0.15, -0.1) is 22.7 Å². The maximum absolute atomic E-state index is 12.4. The summed E-state index contributed by atoms with van der Waals surface area (Å²) < 4.78 is 6.08. The van der Waals surface area contributed by atoms with Crippen molar-refractivity contribution in [3.8, 4) is 16.5 Å². The van der Waals surface area contributed by atoms with E-state index in [0.717, 1.165) is 10.6 Å². The Balaban J connectivity index is 1.77. The first kappa shape index (κ1) is 15.9. The van der Waals surface area contributed by atoms with Crippen LogP contribution in [0.5, 0.6) is 5.88 Å². The van der Waals surface area contributed by atoms with Gasteiger partial charge in [0.2, 0.25) is 5.88 Å². The predicted molar refractivity (Wildman–Crippen MR) is 93.8 cm³/mol. The fourth-order valence-corrected chi connectivity index (χ4v) is 3.66. The summed E-state index contributed by atoms with van der Waals surface area (Å²) in [5.74, 6) is 0.0148. The van der Waals surface area contributed by atoms with Crippen LogP contribution < -0.4 is 10.1 Å². The van der Waals surface area contributed by atoms with Crippen LogP contribution in [0.1, 0.15) is 17.3 Å². The predicted octanol–water partition coefficient (Wildman–Crippen LogP) is 4.57. The molecule has 0 bridgehead atoms. The molecule has 0 atom stereocenters. The van der Waals surface area contributed by atoms with E-state index in [2.05, 4.69) is 15.3 Å². The number of ether oxygens (including phenoxy) is 1. The molecule has 1 N–H and O–H groups in total. The number of aromatic nitrogens is 2. The van der Waals surface area contributed by atoms with E-state index >= 15 is 0 Å². The molecule has 0 fully saturated rings. The van der Waals surface area contributed by atoms with Gasteiger partial charge >= 0.3 is 0 Å². The Bertz CT molecular complexity index is 832. The van der Waals surface area contributed by atoms with E-state index in [1.54, 1.807) is 18.3 Å². The lowest BCUT2D eigenvalue weighted by Crippen LogP contribution is -2.14. The van der Waals surface area contributed by atoms with Crippen molar-refractivity contribution in [1.29, 1.82) is 0 Å². The second kappa shape index (κ2) is 7.08. The molecule has 8 heteroatoms. The van der Waals surface area contributed by atoms with Crippen LogP contribution >= 0.6 is 34.3 Å². The molecule has 0 aliphatic heterocycles. The van der Waals surface area contributed by atoms with Crippen LogP contribution in [0.2, 0.25) is 4.34 Å². The molecule has 0 unspecified atom stereocenters. The Morgan fingerprint density at radius 1 is 1.39 bits per heavy atom. The summed E-state index contributed by atoms with van der Waals surface area (Å²) in [7, 11) is 0. The Hall–Kier alpha value is -1.96. The first-order chi connectivity index (χ1) is 11.2. The highest BCUT2D eigenvalue weighted by Gasteiger charge is 2.15. The fourth-order valence-electron chi connectivity index (χ4n) is 1.88. The van der Waals surface area contributed by atoms with E-state index in [9.17, 15) is 4.79 Å². The number of nitrogens with zero attached hydrogens (tertiary/aromatic N) is 2. The molecule has 3 heterocycles. The molecular weight excluding hydrogens is 354 g/mol. The number of nitrogens with one attached hydrogen (secondary N) is 1. The van der Waals surface area contributed by atoms with Crippen LogP contribution in [0.25, 0.3) is 10.6 Å². The van der Waals surface area contributed by atoms with Crippen molar-refractivity contribution in [1.82, 2.24) is 9.97 Å². The van der Waals surface area contributed by atoms with E-state index < -0.39 is 0 Å². The lowest BCUT2D eigenvalue weighted by molar-refractivity contribution is 0.102. The van der Waals surface area contributed by atoms with Gasteiger partial charge in [-0.3, -0.25) is 10.1 Å². The SMILES string of the molecule is CCOc1ncccc1C(=O)Nc1nc(-c2ccc(Cl)s2)cs1. The van der Waals surface area contributed by atoms with Crippen molar-refractivity contribution in [3.63, 3.8) is 0 Å². The van der Waals surface area contributed by atoms with Crippen LogP contribution in [0.3, 0.4) is 0 Å². The quantitative estimate of drug-likeness (QED) is 0.719. The largest absolute Gasteiger partial charge is 0.477 e. The van der Waals surface area contributed by atoms with Crippen molar-refractivity contribution >= 4 is 45.3 Å². The molecule has 0 aliphatic rings. The summed E-state index contributed by atoms with van der Waals surface area (Å²) in [5, 5.41) is 5.17. The van der Waals surface area contributed by atoms with E-state index in [1.165, 1.54) is 22.7 Å². The Morgan fingerprint density at radius 3 is 3.00 bits per heavy atom. The minimum absolute atomic E-state index is 0.299. The number of thiophene rings is 1. The number of anilines is 1. The van der Waals surface area contributed by atoms with Crippen molar-refractivity contribution in [2.75, 3.05) is 11.9 Å². The Morgan fingerprint density at radius 2 is 2.26 bits per heavy atom. The molecule has 1 amide bonds. The van der Waals surface area contributed by atoms with Gasteiger partial charge in [0.05, 0.1) is 21.5 Å².